The number of aromatic nitrogens is 4. The molecule has 3 heterocycles. The maximum atomic E-state index is 10.2. The summed E-state index contributed by atoms with van der Waals surface area (Å²) in [7, 11) is 0. The third-order valence-electron chi connectivity index (χ3n) is 4.59. The number of nitrogens with zero attached hydrogens (tertiary/aromatic N) is 4. The molecule has 2 aliphatic rings. The number of aliphatic hydroxyl groups is 4. The third-order valence-corrected chi connectivity index (χ3v) is 4.59. The normalized spacial score (nSPS) is 34.9. The molecule has 134 valence electrons. The number of rotatable bonds is 4. The molecule has 0 bridgehead atoms. The zero-order chi connectivity index (χ0) is 17.6. The van der Waals surface area contributed by atoms with Crippen LogP contribution in [0.15, 0.2) is 24.8 Å². The fraction of sp³-hybridized carbons (Fsp3) is 0.533. The minimum absolute atomic E-state index is 0.267. The van der Waals surface area contributed by atoms with Crippen LogP contribution in [0.1, 0.15) is 12.6 Å². The predicted molar refractivity (Wildman–Crippen MR) is 85.5 cm³/mol. The number of aliphatic hydroxyl groups excluding tert-OH is 4. The summed E-state index contributed by atoms with van der Waals surface area (Å²) in [6.45, 7) is -0.408. The molecule has 1 aliphatic carbocycles. The molecule has 0 saturated carbocycles. The van der Waals surface area contributed by atoms with Crippen molar-refractivity contribution in [1.29, 1.82) is 0 Å². The molecule has 25 heavy (non-hydrogen) atoms. The summed E-state index contributed by atoms with van der Waals surface area (Å²) in [5.41, 5.74) is 0.858. The van der Waals surface area contributed by atoms with Crippen LogP contribution in [0.3, 0.4) is 0 Å². The Morgan fingerprint density at radius 2 is 2.04 bits per heavy atom. The molecule has 0 radical (unpaired) electrons. The first-order chi connectivity index (χ1) is 12.1. The second-order valence-corrected chi connectivity index (χ2v) is 6.18. The topological polar surface area (TPSA) is 146 Å². The Balaban J connectivity index is 1.66. The second kappa shape index (κ2) is 6.32. The van der Waals surface area contributed by atoms with E-state index in [0.29, 0.717) is 23.4 Å². The maximum absolute atomic E-state index is 10.2. The van der Waals surface area contributed by atoms with E-state index < -0.39 is 37.3 Å². The number of nitrogens with one attached hydrogen (secondary N) is 1. The van der Waals surface area contributed by atoms with E-state index in [1.165, 1.54) is 17.2 Å². The van der Waals surface area contributed by atoms with E-state index in [1.807, 2.05) is 12.2 Å². The summed E-state index contributed by atoms with van der Waals surface area (Å²) in [4.78, 5) is 12.6. The first-order valence-electron chi connectivity index (χ1n) is 8.01. The number of imidazole rings is 1. The van der Waals surface area contributed by atoms with Crippen LogP contribution in [0.2, 0.25) is 0 Å². The summed E-state index contributed by atoms with van der Waals surface area (Å²) >= 11 is 0. The van der Waals surface area contributed by atoms with Crippen LogP contribution in [0.4, 0.5) is 5.82 Å². The highest BCUT2D eigenvalue weighted by Gasteiger charge is 2.44. The number of ether oxygens (including phenoxy) is 1. The molecule has 1 aliphatic heterocycles. The van der Waals surface area contributed by atoms with Gasteiger partial charge >= 0.3 is 0 Å². The van der Waals surface area contributed by atoms with Crippen LogP contribution in [-0.2, 0) is 4.74 Å². The van der Waals surface area contributed by atoms with Gasteiger partial charge in [-0.15, -0.1) is 0 Å². The zero-order valence-electron chi connectivity index (χ0n) is 13.2. The number of hydrogen-bond donors (Lipinski definition) is 5. The van der Waals surface area contributed by atoms with Gasteiger partial charge in [0.05, 0.1) is 25.1 Å². The lowest BCUT2D eigenvalue weighted by Crippen LogP contribution is -2.33. The molecule has 10 nitrogen and oxygen atoms in total. The van der Waals surface area contributed by atoms with Crippen molar-refractivity contribution in [1.82, 2.24) is 19.5 Å². The molecular weight excluding hydrogens is 330 g/mol. The average molecular weight is 349 g/mol. The van der Waals surface area contributed by atoms with E-state index >= 15 is 0 Å². The van der Waals surface area contributed by atoms with Crippen molar-refractivity contribution >= 4 is 17.0 Å². The Morgan fingerprint density at radius 3 is 2.72 bits per heavy atom. The lowest BCUT2D eigenvalue weighted by atomic mass is 10.1. The molecule has 0 spiro atoms. The smallest absolute Gasteiger partial charge is 0.167 e. The van der Waals surface area contributed by atoms with Crippen molar-refractivity contribution < 1.29 is 25.2 Å². The summed E-state index contributed by atoms with van der Waals surface area (Å²) in [6, 6.07) is -0.267. The van der Waals surface area contributed by atoms with Gasteiger partial charge in [-0.05, 0) is 6.42 Å². The summed E-state index contributed by atoms with van der Waals surface area (Å²) in [5, 5.41) is 42.4. The quantitative estimate of drug-likeness (QED) is 0.418. The van der Waals surface area contributed by atoms with Crippen molar-refractivity contribution in [3.63, 3.8) is 0 Å². The SMILES string of the molecule is OC[C@H]1O[C@@H](n2cnc3c(N[C@@H]4C=CC[C@H]4O)ncnc32)[C@H](O)[C@@H]1O. The van der Waals surface area contributed by atoms with E-state index in [4.69, 9.17) is 4.74 Å². The molecule has 4 rings (SSSR count). The predicted octanol–water partition coefficient (Wildman–Crippen LogP) is -1.46. The highest BCUT2D eigenvalue weighted by Crippen LogP contribution is 2.32. The van der Waals surface area contributed by atoms with Gasteiger partial charge in [-0.1, -0.05) is 12.2 Å². The molecular formula is C15H19N5O5. The molecule has 6 atom stereocenters. The molecule has 2 aromatic rings. The first kappa shape index (κ1) is 16.4. The molecule has 0 unspecified atom stereocenters. The summed E-state index contributed by atoms with van der Waals surface area (Å²) in [5.74, 6) is 0.450. The number of anilines is 1. The molecule has 0 amide bonds. The van der Waals surface area contributed by atoms with Gasteiger partial charge in [-0.2, -0.15) is 0 Å². The van der Waals surface area contributed by atoms with Crippen molar-refractivity contribution in [3.05, 3.63) is 24.8 Å². The minimum Gasteiger partial charge on any atom is -0.394 e. The van der Waals surface area contributed by atoms with Crippen molar-refractivity contribution in [2.24, 2.45) is 0 Å². The van der Waals surface area contributed by atoms with E-state index in [0.717, 1.165) is 0 Å². The van der Waals surface area contributed by atoms with Crippen LogP contribution in [-0.4, -0.2) is 77.0 Å². The standard InChI is InChI=1S/C15H19N5O5/c21-4-9-11(23)12(24)15(25-9)20-6-18-10-13(16-5-17-14(10)20)19-7-2-1-3-8(7)22/h1-2,5-9,11-12,15,21-24H,3-4H2,(H,16,17,19)/t7-,8-,9-,11-,12-,15-/m1/s1. The molecule has 2 aromatic heterocycles. The van der Waals surface area contributed by atoms with Crippen LogP contribution in [0.25, 0.3) is 11.2 Å². The molecule has 10 heteroatoms. The first-order valence-corrected chi connectivity index (χ1v) is 8.01. The van der Waals surface area contributed by atoms with Crippen molar-refractivity contribution in [3.8, 4) is 0 Å². The number of fused-ring (bicyclic) bond motifs is 1. The number of hydrogen-bond acceptors (Lipinski definition) is 9. The summed E-state index contributed by atoms with van der Waals surface area (Å²) < 4.78 is 7.01. The Kier molecular flexibility index (Phi) is 4.13. The Morgan fingerprint density at radius 1 is 1.20 bits per heavy atom. The molecule has 1 fully saturated rings. The van der Waals surface area contributed by atoms with Crippen LogP contribution < -0.4 is 5.32 Å². The molecule has 5 N–H and O–H groups in total. The average Bonchev–Trinajstić information content (AvgIpc) is 3.29. The highest BCUT2D eigenvalue weighted by molar-refractivity contribution is 5.83. The van der Waals surface area contributed by atoms with E-state index in [2.05, 4.69) is 20.3 Å². The zero-order valence-corrected chi connectivity index (χ0v) is 13.2. The third kappa shape index (κ3) is 2.68. The Bertz CT molecular complexity index is 796. The summed E-state index contributed by atoms with van der Waals surface area (Å²) in [6.07, 6.45) is 2.34. The fourth-order valence-corrected chi connectivity index (χ4v) is 3.20. The lowest BCUT2D eigenvalue weighted by Gasteiger charge is -2.18. The van der Waals surface area contributed by atoms with E-state index in [9.17, 15) is 20.4 Å². The highest BCUT2D eigenvalue weighted by atomic mass is 16.6. The monoisotopic (exact) mass is 349 g/mol. The maximum Gasteiger partial charge on any atom is 0.167 e. The van der Waals surface area contributed by atoms with E-state index in [1.54, 1.807) is 0 Å². The Labute approximate surface area is 142 Å². The molecule has 1 saturated heterocycles. The van der Waals surface area contributed by atoms with Gasteiger partial charge in [0, 0.05) is 0 Å². The van der Waals surface area contributed by atoms with Crippen LogP contribution in [0, 0.1) is 0 Å². The van der Waals surface area contributed by atoms with Gasteiger partial charge in [0.1, 0.15) is 24.6 Å². The van der Waals surface area contributed by atoms with Gasteiger partial charge in [0.25, 0.3) is 0 Å². The van der Waals surface area contributed by atoms with Gasteiger partial charge in [0.2, 0.25) is 0 Å². The van der Waals surface area contributed by atoms with Gasteiger partial charge in [-0.25, -0.2) is 15.0 Å². The van der Waals surface area contributed by atoms with Crippen molar-refractivity contribution in [2.75, 3.05) is 11.9 Å². The van der Waals surface area contributed by atoms with E-state index in [-0.39, 0.29) is 6.04 Å². The minimum atomic E-state index is -1.22. The van der Waals surface area contributed by atoms with Crippen molar-refractivity contribution in [2.45, 2.75) is 43.1 Å². The second-order valence-electron chi connectivity index (χ2n) is 6.18. The van der Waals surface area contributed by atoms with Crippen LogP contribution in [0.5, 0.6) is 0 Å². The van der Waals surface area contributed by atoms with Crippen LogP contribution >= 0.6 is 0 Å². The fourth-order valence-electron chi connectivity index (χ4n) is 3.20. The molecule has 0 aromatic carbocycles. The van der Waals surface area contributed by atoms with Gasteiger partial charge in [0.15, 0.2) is 23.2 Å². The lowest BCUT2D eigenvalue weighted by molar-refractivity contribution is -0.0511. The Hall–Kier alpha value is -2.11. The van der Waals surface area contributed by atoms with Gasteiger partial charge < -0.3 is 30.5 Å². The largest absolute Gasteiger partial charge is 0.394 e. The van der Waals surface area contributed by atoms with Gasteiger partial charge in [-0.3, -0.25) is 4.57 Å².